The fourth-order valence-electron chi connectivity index (χ4n) is 3.97. The number of nitrogens with one attached hydrogen (secondary N) is 2. The topological polar surface area (TPSA) is 61.4 Å². The Bertz CT molecular complexity index is 1010. The van der Waals surface area contributed by atoms with Gasteiger partial charge in [0.15, 0.2) is 0 Å². The molecule has 4 rings (SSSR count). The summed E-state index contributed by atoms with van der Waals surface area (Å²) in [4.78, 5) is 26.8. The van der Waals surface area contributed by atoms with E-state index in [-0.39, 0.29) is 17.9 Å². The Morgan fingerprint density at radius 1 is 0.833 bits per heavy atom. The summed E-state index contributed by atoms with van der Waals surface area (Å²) in [6, 6.07) is 24.0. The molecule has 2 amide bonds. The van der Waals surface area contributed by atoms with Gasteiger partial charge in [-0.05, 0) is 41.3 Å². The first-order chi connectivity index (χ1) is 14.7. The Hall–Kier alpha value is -3.18. The molecule has 1 fully saturated rings. The molecule has 3 aromatic carbocycles. The van der Waals surface area contributed by atoms with Crippen LogP contribution in [0.15, 0.2) is 72.8 Å². The number of piperidine rings is 1. The van der Waals surface area contributed by atoms with E-state index in [1.165, 1.54) is 5.39 Å². The van der Waals surface area contributed by atoms with Crippen molar-refractivity contribution in [3.63, 3.8) is 0 Å². The smallest absolute Gasteiger partial charge is 0.238 e. The van der Waals surface area contributed by atoms with Gasteiger partial charge in [-0.3, -0.25) is 14.5 Å². The van der Waals surface area contributed by atoms with Gasteiger partial charge in [0.05, 0.1) is 13.0 Å². The molecular weight excluding hydrogens is 374 g/mol. The van der Waals surface area contributed by atoms with Crippen LogP contribution in [-0.2, 0) is 16.0 Å². The minimum Gasteiger partial charge on any atom is -0.353 e. The van der Waals surface area contributed by atoms with Crippen molar-refractivity contribution in [2.75, 3.05) is 25.0 Å². The van der Waals surface area contributed by atoms with Crippen molar-refractivity contribution in [2.45, 2.75) is 25.3 Å². The maximum absolute atomic E-state index is 12.5. The summed E-state index contributed by atoms with van der Waals surface area (Å²) in [6.45, 7) is 2.00. The van der Waals surface area contributed by atoms with Crippen molar-refractivity contribution in [3.05, 3.63) is 78.4 Å². The SMILES string of the molecule is O=C(CN1CCC(NC(=O)Cc2ccc3ccccc3c2)CC1)Nc1ccccc1. The van der Waals surface area contributed by atoms with Crippen LogP contribution in [-0.4, -0.2) is 42.4 Å². The lowest BCUT2D eigenvalue weighted by atomic mass is 10.0. The average molecular weight is 402 g/mol. The number of fused-ring (bicyclic) bond motifs is 1. The highest BCUT2D eigenvalue weighted by molar-refractivity contribution is 5.92. The van der Waals surface area contributed by atoms with Crippen molar-refractivity contribution in [1.82, 2.24) is 10.2 Å². The predicted molar refractivity (Wildman–Crippen MR) is 120 cm³/mol. The molecule has 1 aliphatic heterocycles. The van der Waals surface area contributed by atoms with Crippen molar-refractivity contribution < 1.29 is 9.59 Å². The Kier molecular flexibility index (Phi) is 6.40. The third-order valence-corrected chi connectivity index (χ3v) is 5.56. The normalized spacial score (nSPS) is 15.1. The van der Waals surface area contributed by atoms with Crippen LogP contribution < -0.4 is 10.6 Å². The number of likely N-dealkylation sites (tertiary alicyclic amines) is 1. The van der Waals surface area contributed by atoms with Crippen molar-refractivity contribution in [3.8, 4) is 0 Å². The number of nitrogens with zero attached hydrogens (tertiary/aromatic N) is 1. The van der Waals surface area contributed by atoms with Gasteiger partial charge in [-0.15, -0.1) is 0 Å². The number of carbonyl (C=O) groups excluding carboxylic acids is 2. The summed E-state index contributed by atoms with van der Waals surface area (Å²) >= 11 is 0. The Labute approximate surface area is 177 Å². The van der Waals surface area contributed by atoms with E-state index in [2.05, 4.69) is 39.8 Å². The highest BCUT2D eigenvalue weighted by Gasteiger charge is 2.22. The van der Waals surface area contributed by atoms with Gasteiger partial charge in [0.25, 0.3) is 0 Å². The third kappa shape index (κ3) is 5.45. The number of benzene rings is 3. The first-order valence-electron chi connectivity index (χ1n) is 10.5. The number of para-hydroxylation sites is 1. The molecule has 154 valence electrons. The first kappa shape index (κ1) is 20.1. The van der Waals surface area contributed by atoms with Crippen LogP contribution in [0.2, 0.25) is 0 Å². The van der Waals surface area contributed by atoms with E-state index in [0.717, 1.165) is 42.6 Å². The molecule has 1 aliphatic rings. The summed E-state index contributed by atoms with van der Waals surface area (Å²) in [5.41, 5.74) is 1.85. The molecule has 0 atom stereocenters. The molecule has 2 N–H and O–H groups in total. The Morgan fingerprint density at radius 3 is 2.30 bits per heavy atom. The summed E-state index contributed by atoms with van der Waals surface area (Å²) in [7, 11) is 0. The largest absolute Gasteiger partial charge is 0.353 e. The Balaban J connectivity index is 1.21. The predicted octanol–water partition coefficient (Wildman–Crippen LogP) is 3.60. The van der Waals surface area contributed by atoms with Crippen molar-refractivity contribution in [2.24, 2.45) is 0 Å². The zero-order valence-corrected chi connectivity index (χ0v) is 17.0. The highest BCUT2D eigenvalue weighted by atomic mass is 16.2. The first-order valence-corrected chi connectivity index (χ1v) is 10.5. The van der Waals surface area contributed by atoms with Gasteiger partial charge in [0.1, 0.15) is 0 Å². The fourth-order valence-corrected chi connectivity index (χ4v) is 3.97. The highest BCUT2D eigenvalue weighted by Crippen LogP contribution is 2.16. The minimum atomic E-state index is -0.00000953. The molecule has 0 saturated carbocycles. The molecule has 5 heteroatoms. The van der Waals surface area contributed by atoms with Gasteiger partial charge >= 0.3 is 0 Å². The van der Waals surface area contributed by atoms with Crippen LogP contribution in [0.4, 0.5) is 5.69 Å². The molecule has 0 aliphatic carbocycles. The summed E-state index contributed by atoms with van der Waals surface area (Å²) in [5, 5.41) is 8.43. The lowest BCUT2D eigenvalue weighted by Crippen LogP contribution is -2.46. The van der Waals surface area contributed by atoms with E-state index in [9.17, 15) is 9.59 Å². The van der Waals surface area contributed by atoms with E-state index < -0.39 is 0 Å². The molecule has 30 heavy (non-hydrogen) atoms. The maximum Gasteiger partial charge on any atom is 0.238 e. The van der Waals surface area contributed by atoms with Gasteiger partial charge in [0, 0.05) is 24.8 Å². The number of amides is 2. The minimum absolute atomic E-state index is 0.00000953. The van der Waals surface area contributed by atoms with Crippen LogP contribution in [0.1, 0.15) is 18.4 Å². The second kappa shape index (κ2) is 9.55. The standard InChI is InChI=1S/C25H27N3O2/c29-24(17-19-10-11-20-6-4-5-7-21(20)16-19)26-23-12-14-28(15-13-23)18-25(30)27-22-8-2-1-3-9-22/h1-11,16,23H,12-15,17-18H2,(H,26,29)(H,27,30). The van der Waals surface area contributed by atoms with Gasteiger partial charge in [-0.1, -0.05) is 60.7 Å². The molecule has 5 nitrogen and oxygen atoms in total. The molecule has 0 spiro atoms. The third-order valence-electron chi connectivity index (χ3n) is 5.56. The second-order valence-electron chi connectivity index (χ2n) is 7.89. The van der Waals surface area contributed by atoms with Gasteiger partial charge in [0.2, 0.25) is 11.8 Å². The summed E-state index contributed by atoms with van der Waals surface area (Å²) < 4.78 is 0. The van der Waals surface area contributed by atoms with E-state index in [1.54, 1.807) is 0 Å². The molecule has 0 unspecified atom stereocenters. The summed E-state index contributed by atoms with van der Waals surface area (Å²) in [6.07, 6.45) is 2.12. The van der Waals surface area contributed by atoms with E-state index in [1.807, 2.05) is 48.5 Å². The zero-order chi connectivity index (χ0) is 20.8. The van der Waals surface area contributed by atoms with Crippen LogP contribution >= 0.6 is 0 Å². The monoisotopic (exact) mass is 401 g/mol. The second-order valence-corrected chi connectivity index (χ2v) is 7.89. The molecule has 0 bridgehead atoms. The Morgan fingerprint density at radius 2 is 1.53 bits per heavy atom. The lowest BCUT2D eigenvalue weighted by molar-refractivity contribution is -0.122. The number of anilines is 1. The molecule has 0 radical (unpaired) electrons. The van der Waals surface area contributed by atoms with E-state index in [0.29, 0.717) is 13.0 Å². The number of carbonyl (C=O) groups is 2. The molecular formula is C25H27N3O2. The molecule has 3 aromatic rings. The lowest BCUT2D eigenvalue weighted by Gasteiger charge is -2.31. The molecule has 0 aromatic heterocycles. The molecule has 1 saturated heterocycles. The zero-order valence-electron chi connectivity index (χ0n) is 17.0. The van der Waals surface area contributed by atoms with Gasteiger partial charge < -0.3 is 10.6 Å². The number of hydrogen-bond donors (Lipinski definition) is 2. The summed E-state index contributed by atoms with van der Waals surface area (Å²) in [5.74, 6) is 0.0607. The average Bonchev–Trinajstić information content (AvgIpc) is 2.75. The van der Waals surface area contributed by atoms with Crippen molar-refractivity contribution in [1.29, 1.82) is 0 Å². The van der Waals surface area contributed by atoms with Crippen LogP contribution in [0, 0.1) is 0 Å². The fraction of sp³-hybridized carbons (Fsp3) is 0.280. The van der Waals surface area contributed by atoms with E-state index in [4.69, 9.17) is 0 Å². The van der Waals surface area contributed by atoms with Crippen LogP contribution in [0.5, 0.6) is 0 Å². The quantitative estimate of drug-likeness (QED) is 0.663. The van der Waals surface area contributed by atoms with Gasteiger partial charge in [-0.25, -0.2) is 0 Å². The molecule has 1 heterocycles. The number of rotatable bonds is 6. The number of hydrogen-bond acceptors (Lipinski definition) is 3. The van der Waals surface area contributed by atoms with Gasteiger partial charge in [-0.2, -0.15) is 0 Å². The van der Waals surface area contributed by atoms with E-state index >= 15 is 0 Å². The van der Waals surface area contributed by atoms with Crippen LogP contribution in [0.3, 0.4) is 0 Å². The maximum atomic E-state index is 12.5. The van der Waals surface area contributed by atoms with Crippen molar-refractivity contribution >= 4 is 28.3 Å². The van der Waals surface area contributed by atoms with Crippen LogP contribution in [0.25, 0.3) is 10.8 Å².